The fourth-order valence-electron chi connectivity index (χ4n) is 3.04. The van der Waals surface area contributed by atoms with Crippen molar-refractivity contribution in [1.82, 2.24) is 4.90 Å². The number of anilines is 1. The van der Waals surface area contributed by atoms with Gasteiger partial charge in [0.2, 0.25) is 0 Å². The molecule has 1 fully saturated rings. The molecule has 0 spiro atoms. The maximum absolute atomic E-state index is 14.2. The number of thiophene rings is 1. The summed E-state index contributed by atoms with van der Waals surface area (Å²) in [4.78, 5) is 1.94. The molecule has 2 nitrogen and oxygen atoms in total. The van der Waals surface area contributed by atoms with Crippen LogP contribution in [0.15, 0.2) is 18.2 Å². The minimum Gasteiger partial charge on any atom is -0.378 e. The zero-order valence-electron chi connectivity index (χ0n) is 13.0. The molecule has 0 aliphatic carbocycles. The van der Waals surface area contributed by atoms with E-state index in [0.717, 1.165) is 16.9 Å². The Morgan fingerprint density at radius 3 is 2.79 bits per heavy atom. The molecule has 1 aliphatic rings. The molecule has 132 valence electrons. The number of nitrogens with zero attached hydrogens (tertiary/aromatic N) is 1. The van der Waals surface area contributed by atoms with Gasteiger partial charge in [0.25, 0.3) is 0 Å². The van der Waals surface area contributed by atoms with E-state index >= 15 is 0 Å². The first kappa shape index (κ1) is 18.2. The first-order chi connectivity index (χ1) is 11.2. The Hall–Kier alpha value is -0.610. The summed E-state index contributed by atoms with van der Waals surface area (Å²) < 4.78 is 54.1. The number of fused-ring (bicyclic) bond motifs is 1. The van der Waals surface area contributed by atoms with Gasteiger partial charge in [-0.05, 0) is 53.1 Å². The van der Waals surface area contributed by atoms with Crippen LogP contribution in [0.1, 0.15) is 12.0 Å². The zero-order chi connectivity index (χ0) is 17.5. The van der Waals surface area contributed by atoms with Crippen LogP contribution >= 0.6 is 33.9 Å². The van der Waals surface area contributed by atoms with Crippen molar-refractivity contribution in [3.63, 3.8) is 0 Å². The summed E-state index contributed by atoms with van der Waals surface area (Å²) in [6.45, 7) is 1.17. The molecular formula is C16H17F4IN2S. The van der Waals surface area contributed by atoms with Crippen LogP contribution in [-0.2, 0) is 6.42 Å². The second-order valence-electron chi connectivity index (χ2n) is 6.15. The Labute approximate surface area is 155 Å². The first-order valence-corrected chi connectivity index (χ1v) is 9.50. The molecule has 1 aromatic heterocycles. The van der Waals surface area contributed by atoms with Gasteiger partial charge in [-0.3, -0.25) is 0 Å². The zero-order valence-corrected chi connectivity index (χ0v) is 15.9. The Kier molecular flexibility index (Phi) is 5.27. The molecule has 3 rings (SSSR count). The van der Waals surface area contributed by atoms with Gasteiger partial charge in [-0.25, -0.2) is 4.39 Å². The van der Waals surface area contributed by atoms with Crippen molar-refractivity contribution < 1.29 is 17.6 Å². The normalized spacial score (nSPS) is 22.9. The van der Waals surface area contributed by atoms with Crippen molar-refractivity contribution in [2.24, 2.45) is 0 Å². The number of hydrogen-bond acceptors (Lipinski definition) is 3. The quantitative estimate of drug-likeness (QED) is 0.496. The van der Waals surface area contributed by atoms with Gasteiger partial charge < -0.3 is 10.2 Å². The third kappa shape index (κ3) is 3.96. The van der Waals surface area contributed by atoms with Crippen molar-refractivity contribution >= 4 is 49.7 Å². The second-order valence-corrected chi connectivity index (χ2v) is 8.98. The van der Waals surface area contributed by atoms with Crippen molar-refractivity contribution in [2.45, 2.75) is 31.2 Å². The highest BCUT2D eigenvalue weighted by Gasteiger charge is 2.32. The molecule has 1 N–H and O–H groups in total. The summed E-state index contributed by atoms with van der Waals surface area (Å²) in [5.41, 5.74) is 1.04. The van der Waals surface area contributed by atoms with Gasteiger partial charge in [-0.1, -0.05) is 12.1 Å². The third-order valence-corrected chi connectivity index (χ3v) is 6.61. The number of hydrogen-bond donors (Lipinski definition) is 1. The molecule has 1 aromatic carbocycles. The lowest BCUT2D eigenvalue weighted by Crippen LogP contribution is -2.46. The fourth-order valence-corrected chi connectivity index (χ4v) is 5.20. The van der Waals surface area contributed by atoms with E-state index in [2.05, 4.69) is 5.32 Å². The fraction of sp³-hybridized carbons (Fsp3) is 0.500. The van der Waals surface area contributed by atoms with Crippen LogP contribution in [-0.4, -0.2) is 43.4 Å². The predicted octanol–water partition coefficient (Wildman–Crippen LogP) is 5.06. The van der Waals surface area contributed by atoms with E-state index < -0.39 is 18.8 Å². The lowest BCUT2D eigenvalue weighted by atomic mass is 10.0. The van der Waals surface area contributed by atoms with Gasteiger partial charge in [-0.15, -0.1) is 11.3 Å². The molecule has 0 saturated carbocycles. The van der Waals surface area contributed by atoms with Gasteiger partial charge in [0.1, 0.15) is 6.17 Å². The van der Waals surface area contributed by atoms with Crippen molar-refractivity contribution in [2.75, 3.05) is 25.5 Å². The van der Waals surface area contributed by atoms with Crippen LogP contribution in [0.3, 0.4) is 0 Å². The van der Waals surface area contributed by atoms with E-state index in [4.69, 9.17) is 0 Å². The molecule has 1 saturated heterocycles. The highest BCUT2D eigenvalue weighted by molar-refractivity contribution is 14.1. The minimum atomic E-state index is -4.24. The third-order valence-electron chi connectivity index (χ3n) is 4.23. The number of piperidine rings is 1. The van der Waals surface area contributed by atoms with Crippen molar-refractivity contribution in [3.05, 3.63) is 26.6 Å². The van der Waals surface area contributed by atoms with Gasteiger partial charge in [0, 0.05) is 13.1 Å². The van der Waals surface area contributed by atoms with E-state index in [1.165, 1.54) is 11.3 Å². The average molecular weight is 472 g/mol. The van der Waals surface area contributed by atoms with Gasteiger partial charge in [0.05, 0.1) is 25.7 Å². The van der Waals surface area contributed by atoms with E-state index in [1.807, 2.05) is 40.6 Å². The number of nitrogens with one attached hydrogen (secondary N) is 1. The van der Waals surface area contributed by atoms with Gasteiger partial charge >= 0.3 is 6.18 Å². The Morgan fingerprint density at radius 1 is 1.38 bits per heavy atom. The van der Waals surface area contributed by atoms with E-state index in [1.54, 1.807) is 12.1 Å². The predicted molar refractivity (Wildman–Crippen MR) is 98.7 cm³/mol. The number of benzene rings is 1. The average Bonchev–Trinajstić information content (AvgIpc) is 2.78. The monoisotopic (exact) mass is 472 g/mol. The van der Waals surface area contributed by atoms with Crippen molar-refractivity contribution in [1.29, 1.82) is 0 Å². The molecule has 2 aromatic rings. The summed E-state index contributed by atoms with van der Waals surface area (Å²) in [5.74, 6) is 0. The van der Waals surface area contributed by atoms with Crippen molar-refractivity contribution in [3.8, 4) is 0 Å². The van der Waals surface area contributed by atoms with E-state index in [0.29, 0.717) is 26.8 Å². The number of likely N-dealkylation sites (tertiary alicyclic amines) is 1. The summed E-state index contributed by atoms with van der Waals surface area (Å²) in [6, 6.07) is 4.95. The molecule has 2 heterocycles. The van der Waals surface area contributed by atoms with Gasteiger partial charge in [-0.2, -0.15) is 13.2 Å². The van der Waals surface area contributed by atoms with Crippen LogP contribution in [0.25, 0.3) is 10.1 Å². The molecule has 24 heavy (non-hydrogen) atoms. The highest BCUT2D eigenvalue weighted by Crippen LogP contribution is 2.40. The van der Waals surface area contributed by atoms with Crippen LogP contribution in [0.5, 0.6) is 0 Å². The molecule has 1 aliphatic heterocycles. The van der Waals surface area contributed by atoms with Gasteiger partial charge in [0.15, 0.2) is 0 Å². The summed E-state index contributed by atoms with van der Waals surface area (Å²) in [5, 5.41) is 3.83. The summed E-state index contributed by atoms with van der Waals surface area (Å²) in [7, 11) is 1.88. The Balaban J connectivity index is 1.91. The summed E-state index contributed by atoms with van der Waals surface area (Å²) in [6.07, 6.45) is -5.50. The number of alkyl halides is 4. The molecule has 0 bridgehead atoms. The molecule has 2 atom stereocenters. The van der Waals surface area contributed by atoms with E-state index in [9.17, 15) is 17.6 Å². The SMILES string of the molecule is CN1CCC(Nc2cccc3c(CC(F)(F)F)c(I)sc23)C(F)C1. The standard InChI is InChI=1S/C16H17F4IN2S/c1-23-6-5-12(11(17)8-23)22-13-4-2-3-9-10(7-16(18,19)20)15(21)24-14(9)13/h2-4,11-12,22H,5-8H2,1H3. The minimum absolute atomic E-state index is 0.308. The lowest BCUT2D eigenvalue weighted by molar-refractivity contribution is -0.127. The maximum atomic E-state index is 14.2. The van der Waals surface area contributed by atoms with E-state index in [-0.39, 0.29) is 6.04 Å². The molecular weight excluding hydrogens is 455 g/mol. The number of rotatable bonds is 3. The largest absolute Gasteiger partial charge is 0.393 e. The highest BCUT2D eigenvalue weighted by atomic mass is 127. The Morgan fingerprint density at radius 2 is 2.12 bits per heavy atom. The lowest BCUT2D eigenvalue weighted by Gasteiger charge is -2.33. The summed E-state index contributed by atoms with van der Waals surface area (Å²) >= 11 is 3.29. The topological polar surface area (TPSA) is 15.3 Å². The number of halogens is 5. The van der Waals surface area contributed by atoms with Crippen LogP contribution in [0, 0.1) is 2.88 Å². The Bertz CT molecular complexity index is 731. The van der Waals surface area contributed by atoms with Crippen LogP contribution in [0.2, 0.25) is 0 Å². The molecule has 0 radical (unpaired) electrons. The maximum Gasteiger partial charge on any atom is 0.393 e. The molecule has 0 amide bonds. The second kappa shape index (κ2) is 6.95. The molecule has 8 heteroatoms. The smallest absolute Gasteiger partial charge is 0.378 e. The van der Waals surface area contributed by atoms with Crippen LogP contribution in [0.4, 0.5) is 23.2 Å². The van der Waals surface area contributed by atoms with Crippen LogP contribution < -0.4 is 5.32 Å². The molecule has 2 unspecified atom stereocenters. The first-order valence-electron chi connectivity index (χ1n) is 7.60.